The molecule has 1 aromatic carbocycles. The van der Waals surface area contributed by atoms with Gasteiger partial charge < -0.3 is 9.63 Å². The van der Waals surface area contributed by atoms with E-state index in [1.54, 1.807) is 13.8 Å². The van der Waals surface area contributed by atoms with Crippen LogP contribution in [0.1, 0.15) is 21.6 Å². The summed E-state index contributed by atoms with van der Waals surface area (Å²) in [7, 11) is -4.11. The number of aromatic carboxylic acids is 1. The number of nitrogens with one attached hydrogen (secondary N) is 1. The summed E-state index contributed by atoms with van der Waals surface area (Å²) in [6.07, 6.45) is 0. The molecule has 2 aromatic rings. The van der Waals surface area contributed by atoms with Gasteiger partial charge in [0, 0.05) is 5.56 Å². The van der Waals surface area contributed by atoms with Gasteiger partial charge in [0.05, 0.1) is 16.2 Å². The Balaban J connectivity index is 2.43. The van der Waals surface area contributed by atoms with Crippen molar-refractivity contribution < 1.29 is 27.2 Å². The maximum Gasteiger partial charge on any atom is 0.338 e. The standard InChI is InChI=1S/C12H11FN2O5S/c1-6-7(2)14-20-11(6)15-21(18,19)8-3-4-10(13)9(5-8)12(16)17/h3-5,15H,1-2H3,(H,16,17). The lowest BCUT2D eigenvalue weighted by atomic mass is 10.2. The molecule has 1 aromatic heterocycles. The van der Waals surface area contributed by atoms with Crippen molar-refractivity contribution in [2.75, 3.05) is 4.72 Å². The highest BCUT2D eigenvalue weighted by atomic mass is 32.2. The van der Waals surface area contributed by atoms with E-state index in [9.17, 15) is 17.6 Å². The normalized spacial score (nSPS) is 11.4. The van der Waals surface area contributed by atoms with E-state index in [-0.39, 0.29) is 5.88 Å². The fraction of sp³-hybridized carbons (Fsp3) is 0.167. The minimum atomic E-state index is -4.11. The van der Waals surface area contributed by atoms with Gasteiger partial charge in [-0.25, -0.2) is 22.3 Å². The van der Waals surface area contributed by atoms with Crippen LogP contribution in [0.15, 0.2) is 27.6 Å². The number of hydrogen-bond acceptors (Lipinski definition) is 5. The maximum atomic E-state index is 13.3. The first-order chi connectivity index (χ1) is 9.72. The lowest BCUT2D eigenvalue weighted by Gasteiger charge is -2.07. The van der Waals surface area contributed by atoms with Crippen LogP contribution >= 0.6 is 0 Å². The number of carboxylic acid groups (broad SMARTS) is 1. The van der Waals surface area contributed by atoms with Crippen molar-refractivity contribution in [3.05, 3.63) is 40.8 Å². The molecule has 0 saturated heterocycles. The van der Waals surface area contributed by atoms with Crippen LogP contribution in [0.25, 0.3) is 0 Å². The highest BCUT2D eigenvalue weighted by molar-refractivity contribution is 7.92. The third-order valence-electron chi connectivity index (χ3n) is 2.86. The first-order valence-electron chi connectivity index (χ1n) is 5.71. The molecule has 0 fully saturated rings. The molecule has 0 atom stereocenters. The Bertz CT molecular complexity index is 813. The van der Waals surface area contributed by atoms with Crippen molar-refractivity contribution in [3.8, 4) is 0 Å². The van der Waals surface area contributed by atoms with Gasteiger partial charge in [-0.05, 0) is 32.0 Å². The van der Waals surface area contributed by atoms with Gasteiger partial charge in [-0.1, -0.05) is 5.16 Å². The molecule has 0 aliphatic carbocycles. The molecule has 0 aliphatic heterocycles. The van der Waals surface area contributed by atoms with E-state index in [4.69, 9.17) is 9.63 Å². The summed E-state index contributed by atoms with van der Waals surface area (Å²) in [5.41, 5.74) is 0.278. The predicted molar refractivity (Wildman–Crippen MR) is 70.1 cm³/mol. The Labute approximate surface area is 119 Å². The average Bonchev–Trinajstić information content (AvgIpc) is 2.70. The number of aryl methyl sites for hydroxylation is 1. The number of halogens is 1. The van der Waals surface area contributed by atoms with Gasteiger partial charge in [-0.15, -0.1) is 0 Å². The van der Waals surface area contributed by atoms with E-state index in [1.807, 2.05) is 0 Å². The van der Waals surface area contributed by atoms with Crippen molar-refractivity contribution in [2.24, 2.45) is 0 Å². The lowest BCUT2D eigenvalue weighted by Crippen LogP contribution is -2.14. The van der Waals surface area contributed by atoms with Crippen molar-refractivity contribution >= 4 is 21.9 Å². The molecule has 0 spiro atoms. The van der Waals surface area contributed by atoms with Crippen LogP contribution in [-0.2, 0) is 10.0 Å². The number of aromatic nitrogens is 1. The van der Waals surface area contributed by atoms with Crippen molar-refractivity contribution in [1.82, 2.24) is 5.16 Å². The molecule has 7 nitrogen and oxygen atoms in total. The zero-order valence-electron chi connectivity index (χ0n) is 11.0. The first kappa shape index (κ1) is 15.0. The van der Waals surface area contributed by atoms with E-state index in [0.717, 1.165) is 18.2 Å². The Hall–Kier alpha value is -2.42. The number of nitrogens with zero attached hydrogens (tertiary/aromatic N) is 1. The van der Waals surface area contributed by atoms with Crippen LogP contribution in [0, 0.1) is 19.7 Å². The Morgan fingerprint density at radius 2 is 2.05 bits per heavy atom. The van der Waals surface area contributed by atoms with Crippen LogP contribution < -0.4 is 4.72 Å². The molecule has 2 N–H and O–H groups in total. The van der Waals surface area contributed by atoms with Crippen LogP contribution in [0.2, 0.25) is 0 Å². The molecule has 9 heteroatoms. The lowest BCUT2D eigenvalue weighted by molar-refractivity contribution is 0.0691. The van der Waals surface area contributed by atoms with Gasteiger partial charge in [0.2, 0.25) is 5.88 Å². The Morgan fingerprint density at radius 3 is 2.57 bits per heavy atom. The van der Waals surface area contributed by atoms with Gasteiger partial charge in [0.15, 0.2) is 0 Å². The highest BCUT2D eigenvalue weighted by Crippen LogP contribution is 2.22. The molecule has 0 aliphatic rings. The number of rotatable bonds is 4. The molecule has 0 amide bonds. The fourth-order valence-electron chi connectivity index (χ4n) is 1.53. The SMILES string of the molecule is Cc1noc(NS(=O)(=O)c2ccc(F)c(C(=O)O)c2)c1C. The number of benzene rings is 1. The van der Waals surface area contributed by atoms with Crippen molar-refractivity contribution in [3.63, 3.8) is 0 Å². The van der Waals surface area contributed by atoms with E-state index in [1.165, 1.54) is 0 Å². The number of carbonyl (C=O) groups is 1. The van der Waals surface area contributed by atoms with Gasteiger partial charge in [-0.2, -0.15) is 0 Å². The van der Waals surface area contributed by atoms with E-state index < -0.39 is 32.3 Å². The quantitative estimate of drug-likeness (QED) is 0.892. The minimum Gasteiger partial charge on any atom is -0.478 e. The summed E-state index contributed by atoms with van der Waals surface area (Å²) in [6.45, 7) is 3.24. The molecule has 21 heavy (non-hydrogen) atoms. The zero-order valence-corrected chi connectivity index (χ0v) is 11.9. The second-order valence-electron chi connectivity index (χ2n) is 4.27. The van der Waals surface area contributed by atoms with Crippen LogP contribution in [-0.4, -0.2) is 24.7 Å². The minimum absolute atomic E-state index is 0.0753. The van der Waals surface area contributed by atoms with Gasteiger partial charge in [0.1, 0.15) is 5.82 Å². The van der Waals surface area contributed by atoms with Gasteiger partial charge >= 0.3 is 5.97 Å². The maximum absolute atomic E-state index is 13.3. The van der Waals surface area contributed by atoms with E-state index in [2.05, 4.69) is 9.88 Å². The van der Waals surface area contributed by atoms with Gasteiger partial charge in [-0.3, -0.25) is 0 Å². The van der Waals surface area contributed by atoms with Crippen molar-refractivity contribution in [2.45, 2.75) is 18.7 Å². The number of carboxylic acids is 1. The molecule has 112 valence electrons. The largest absolute Gasteiger partial charge is 0.478 e. The third kappa shape index (κ3) is 2.87. The Kier molecular flexibility index (Phi) is 3.69. The topological polar surface area (TPSA) is 110 Å². The number of sulfonamides is 1. The third-order valence-corrected chi connectivity index (χ3v) is 4.19. The van der Waals surface area contributed by atoms with Gasteiger partial charge in [0.25, 0.3) is 10.0 Å². The highest BCUT2D eigenvalue weighted by Gasteiger charge is 2.22. The summed E-state index contributed by atoms with van der Waals surface area (Å²) >= 11 is 0. The van der Waals surface area contributed by atoms with Crippen LogP contribution in [0.3, 0.4) is 0 Å². The van der Waals surface area contributed by atoms with Crippen molar-refractivity contribution in [1.29, 1.82) is 0 Å². The predicted octanol–water partition coefficient (Wildman–Crippen LogP) is 1.93. The molecule has 0 radical (unpaired) electrons. The molecule has 0 bridgehead atoms. The average molecular weight is 314 g/mol. The van der Waals surface area contributed by atoms with E-state index >= 15 is 0 Å². The first-order valence-corrected chi connectivity index (χ1v) is 7.19. The zero-order chi connectivity index (χ0) is 15.8. The summed E-state index contributed by atoms with van der Waals surface area (Å²) in [4.78, 5) is 10.4. The second kappa shape index (κ2) is 5.17. The molecule has 2 rings (SSSR count). The fourth-order valence-corrected chi connectivity index (χ4v) is 2.60. The summed E-state index contributed by atoms with van der Waals surface area (Å²) in [5.74, 6) is -2.65. The number of hydrogen-bond donors (Lipinski definition) is 2. The summed E-state index contributed by atoms with van der Waals surface area (Å²) in [6, 6.07) is 2.47. The summed E-state index contributed by atoms with van der Waals surface area (Å²) in [5, 5.41) is 12.4. The monoisotopic (exact) mass is 314 g/mol. The molecular weight excluding hydrogens is 303 g/mol. The molecule has 0 saturated carbocycles. The van der Waals surface area contributed by atoms with E-state index in [0.29, 0.717) is 11.3 Å². The second-order valence-corrected chi connectivity index (χ2v) is 5.96. The number of anilines is 1. The summed E-state index contributed by atoms with van der Waals surface area (Å²) < 4.78 is 44.5. The van der Waals surface area contributed by atoms with Crippen LogP contribution in [0.5, 0.6) is 0 Å². The molecule has 1 heterocycles. The smallest absolute Gasteiger partial charge is 0.338 e. The van der Waals surface area contributed by atoms with Crippen LogP contribution in [0.4, 0.5) is 10.3 Å². The molecule has 0 unspecified atom stereocenters. The molecular formula is C12H11FN2O5S. The Morgan fingerprint density at radius 1 is 1.38 bits per heavy atom.